The van der Waals surface area contributed by atoms with Crippen LogP contribution in [0.2, 0.25) is 5.02 Å². The second-order valence-corrected chi connectivity index (χ2v) is 6.40. The highest BCUT2D eigenvalue weighted by Crippen LogP contribution is 2.44. The molecule has 0 saturated carbocycles. The fourth-order valence-electron chi connectivity index (χ4n) is 2.34. The summed E-state index contributed by atoms with van der Waals surface area (Å²) in [5.74, 6) is 0.308. The van der Waals surface area contributed by atoms with Gasteiger partial charge in [0.05, 0.1) is 24.7 Å². The summed E-state index contributed by atoms with van der Waals surface area (Å²) in [6, 6.07) is 1.82. The highest BCUT2D eigenvalue weighted by molar-refractivity contribution is 6.33. The van der Waals surface area contributed by atoms with E-state index in [2.05, 4.69) is 0 Å². The quantitative estimate of drug-likeness (QED) is 0.857. The zero-order valence-electron chi connectivity index (χ0n) is 13.4. The Morgan fingerprint density at radius 1 is 1.33 bits per heavy atom. The number of hydrogen-bond acceptors (Lipinski definition) is 3. The minimum Gasteiger partial charge on any atom is -0.493 e. The van der Waals surface area contributed by atoms with Crippen LogP contribution in [0, 0.1) is 5.41 Å². The number of halogens is 1. The Kier molecular flexibility index (Phi) is 5.51. The largest absolute Gasteiger partial charge is 0.493 e. The van der Waals surface area contributed by atoms with Gasteiger partial charge in [-0.05, 0) is 43.4 Å². The predicted molar refractivity (Wildman–Crippen MR) is 83.8 cm³/mol. The maximum atomic E-state index is 11.4. The van der Waals surface area contributed by atoms with E-state index in [1.807, 2.05) is 19.9 Å². The summed E-state index contributed by atoms with van der Waals surface area (Å²) in [5.41, 5.74) is 0.899. The first-order chi connectivity index (χ1) is 9.65. The molecule has 1 aromatic rings. The Hall–Kier alpha value is -1.42. The number of benzene rings is 1. The highest BCUT2D eigenvalue weighted by atomic mass is 35.5. The summed E-state index contributed by atoms with van der Waals surface area (Å²) in [6.07, 6.45) is 0.371. The molecule has 0 aromatic heterocycles. The molecule has 0 aliphatic heterocycles. The second-order valence-electron chi connectivity index (χ2n) is 6.02. The normalized spacial score (nSPS) is 11.6. The van der Waals surface area contributed by atoms with Crippen molar-refractivity contribution in [1.82, 2.24) is 0 Å². The summed E-state index contributed by atoms with van der Waals surface area (Å²) in [5, 5.41) is 9.83. The van der Waals surface area contributed by atoms with Crippen LogP contribution in [0.4, 0.5) is 0 Å². The second kappa shape index (κ2) is 6.56. The van der Waals surface area contributed by atoms with E-state index in [0.717, 1.165) is 11.1 Å². The summed E-state index contributed by atoms with van der Waals surface area (Å²) < 4.78 is 10.6. The van der Waals surface area contributed by atoms with Crippen LogP contribution < -0.4 is 9.47 Å². The van der Waals surface area contributed by atoms with Gasteiger partial charge in [-0.3, -0.25) is 4.79 Å². The summed E-state index contributed by atoms with van der Waals surface area (Å²) >= 11 is 6.45. The molecule has 0 radical (unpaired) electrons. The van der Waals surface area contributed by atoms with E-state index in [0.29, 0.717) is 22.9 Å². The Morgan fingerprint density at radius 2 is 1.90 bits per heavy atom. The van der Waals surface area contributed by atoms with Crippen molar-refractivity contribution in [2.75, 3.05) is 14.2 Å². The van der Waals surface area contributed by atoms with Crippen molar-refractivity contribution >= 4 is 17.6 Å². The maximum absolute atomic E-state index is 11.4. The molecule has 1 rings (SSSR count). The van der Waals surface area contributed by atoms with Gasteiger partial charge in [0.2, 0.25) is 0 Å². The lowest BCUT2D eigenvalue weighted by molar-refractivity contribution is -0.146. The van der Waals surface area contributed by atoms with Gasteiger partial charge in [-0.25, -0.2) is 0 Å². The van der Waals surface area contributed by atoms with Crippen molar-refractivity contribution in [3.8, 4) is 11.5 Å². The molecule has 0 aliphatic carbocycles. The minimum atomic E-state index is -0.882. The van der Waals surface area contributed by atoms with Crippen LogP contribution in [0.15, 0.2) is 6.07 Å². The molecule has 0 amide bonds. The van der Waals surface area contributed by atoms with Crippen LogP contribution in [0.5, 0.6) is 11.5 Å². The molecule has 118 valence electrons. The van der Waals surface area contributed by atoms with Crippen molar-refractivity contribution in [2.45, 2.75) is 40.0 Å². The third kappa shape index (κ3) is 3.62. The number of methoxy groups -OCH3 is 2. The van der Waals surface area contributed by atoms with Gasteiger partial charge in [0.1, 0.15) is 0 Å². The first kappa shape index (κ1) is 17.6. The molecule has 0 fully saturated rings. The molecule has 0 atom stereocenters. The first-order valence-electron chi connectivity index (χ1n) is 6.82. The number of rotatable bonds is 6. The third-order valence-electron chi connectivity index (χ3n) is 3.52. The Balaban J connectivity index is 3.50. The molecule has 0 spiro atoms. The zero-order valence-corrected chi connectivity index (χ0v) is 14.2. The van der Waals surface area contributed by atoms with Crippen molar-refractivity contribution in [3.05, 3.63) is 22.2 Å². The van der Waals surface area contributed by atoms with Gasteiger partial charge in [0.15, 0.2) is 11.5 Å². The van der Waals surface area contributed by atoms with E-state index < -0.39 is 11.4 Å². The van der Waals surface area contributed by atoms with Crippen LogP contribution in [0.1, 0.15) is 44.7 Å². The Labute approximate surface area is 131 Å². The molecule has 0 unspecified atom stereocenters. The van der Waals surface area contributed by atoms with Gasteiger partial charge in [-0.1, -0.05) is 25.4 Å². The number of ether oxygens (including phenoxy) is 2. The number of aliphatic carboxylic acids is 1. The van der Waals surface area contributed by atoms with Gasteiger partial charge < -0.3 is 14.6 Å². The van der Waals surface area contributed by atoms with E-state index >= 15 is 0 Å². The van der Waals surface area contributed by atoms with Crippen LogP contribution in [-0.2, 0) is 11.2 Å². The molecule has 0 saturated heterocycles. The minimum absolute atomic E-state index is 0.150. The van der Waals surface area contributed by atoms with Gasteiger partial charge in [0, 0.05) is 0 Å². The molecule has 21 heavy (non-hydrogen) atoms. The zero-order chi connectivity index (χ0) is 16.4. The standard InChI is InChI=1S/C16H23ClO4/c1-9(2)12-10(8-16(3,4)15(18)19)7-11(20-5)14(21-6)13(12)17/h7,9H,8H2,1-6H3,(H,18,19). The smallest absolute Gasteiger partial charge is 0.309 e. The van der Waals surface area contributed by atoms with Gasteiger partial charge in [-0.15, -0.1) is 0 Å². The lowest BCUT2D eigenvalue weighted by Gasteiger charge is -2.25. The molecule has 0 bridgehead atoms. The average molecular weight is 315 g/mol. The maximum Gasteiger partial charge on any atom is 0.309 e. The number of carboxylic acids is 1. The Bertz CT molecular complexity index is 536. The molecule has 1 aromatic carbocycles. The molecule has 5 heteroatoms. The van der Waals surface area contributed by atoms with Crippen molar-refractivity contribution in [2.24, 2.45) is 5.41 Å². The van der Waals surface area contributed by atoms with Crippen LogP contribution in [0.25, 0.3) is 0 Å². The topological polar surface area (TPSA) is 55.8 Å². The molecule has 0 aliphatic rings. The van der Waals surface area contributed by atoms with E-state index in [-0.39, 0.29) is 5.92 Å². The van der Waals surface area contributed by atoms with Gasteiger partial charge in [0.25, 0.3) is 0 Å². The summed E-state index contributed by atoms with van der Waals surface area (Å²) in [7, 11) is 3.07. The summed E-state index contributed by atoms with van der Waals surface area (Å²) in [4.78, 5) is 11.4. The SMILES string of the molecule is COc1cc(CC(C)(C)C(=O)O)c(C(C)C)c(Cl)c1OC. The van der Waals surface area contributed by atoms with Crippen LogP contribution in [-0.4, -0.2) is 25.3 Å². The van der Waals surface area contributed by atoms with Crippen LogP contribution in [0.3, 0.4) is 0 Å². The number of carboxylic acid groups (broad SMARTS) is 1. The van der Waals surface area contributed by atoms with E-state index in [9.17, 15) is 9.90 Å². The van der Waals surface area contributed by atoms with Gasteiger partial charge in [-0.2, -0.15) is 0 Å². The molecule has 1 N–H and O–H groups in total. The number of hydrogen-bond donors (Lipinski definition) is 1. The van der Waals surface area contributed by atoms with Crippen molar-refractivity contribution in [1.29, 1.82) is 0 Å². The molecule has 0 heterocycles. The van der Waals surface area contributed by atoms with Crippen molar-refractivity contribution in [3.63, 3.8) is 0 Å². The van der Waals surface area contributed by atoms with Crippen molar-refractivity contribution < 1.29 is 19.4 Å². The predicted octanol–water partition coefficient (Wildman–Crippen LogP) is 4.13. The van der Waals surface area contributed by atoms with Gasteiger partial charge >= 0.3 is 5.97 Å². The monoisotopic (exact) mass is 314 g/mol. The summed E-state index contributed by atoms with van der Waals surface area (Å²) in [6.45, 7) is 7.43. The lowest BCUT2D eigenvalue weighted by Crippen LogP contribution is -2.27. The molecular formula is C16H23ClO4. The molecular weight excluding hydrogens is 292 g/mol. The number of carbonyl (C=O) groups is 1. The van der Waals surface area contributed by atoms with E-state index in [1.165, 1.54) is 14.2 Å². The first-order valence-corrected chi connectivity index (χ1v) is 7.20. The third-order valence-corrected chi connectivity index (χ3v) is 3.90. The van der Waals surface area contributed by atoms with Crippen LogP contribution >= 0.6 is 11.6 Å². The van der Waals surface area contributed by atoms with E-state index in [1.54, 1.807) is 13.8 Å². The fraction of sp³-hybridized carbons (Fsp3) is 0.562. The lowest BCUT2D eigenvalue weighted by atomic mass is 9.82. The Morgan fingerprint density at radius 3 is 2.29 bits per heavy atom. The molecule has 4 nitrogen and oxygen atoms in total. The fourth-order valence-corrected chi connectivity index (χ4v) is 2.85. The highest BCUT2D eigenvalue weighted by Gasteiger charge is 2.30. The average Bonchev–Trinajstić information content (AvgIpc) is 2.36. The van der Waals surface area contributed by atoms with E-state index in [4.69, 9.17) is 21.1 Å².